The molecule has 0 fully saturated rings. The molecule has 0 saturated heterocycles. The van der Waals surface area contributed by atoms with Crippen LogP contribution in [0.2, 0.25) is 0 Å². The van der Waals surface area contributed by atoms with Crippen molar-refractivity contribution in [3.05, 3.63) is 103 Å². The number of benzene rings is 3. The van der Waals surface area contributed by atoms with Gasteiger partial charge in [0.2, 0.25) is 11.2 Å². The van der Waals surface area contributed by atoms with Crippen LogP contribution in [0.15, 0.2) is 97.3 Å². The third-order valence-electron chi connectivity index (χ3n) is 6.26. The lowest BCUT2D eigenvalue weighted by Crippen LogP contribution is -2.32. The first-order valence-electron chi connectivity index (χ1n) is 10.5. The SMILES string of the molecule is Cc1cc2ccccc2cc1-c1ccc2c(c3cnccc3n2-c2ccccc2)[n+]1C. The zero-order valence-electron chi connectivity index (χ0n) is 17.6. The fourth-order valence-electron chi connectivity index (χ4n) is 4.79. The summed E-state index contributed by atoms with van der Waals surface area (Å²) in [5, 5.41) is 3.69. The summed E-state index contributed by atoms with van der Waals surface area (Å²) in [6.45, 7) is 2.20. The summed E-state index contributed by atoms with van der Waals surface area (Å²) in [6, 6.07) is 30.3. The van der Waals surface area contributed by atoms with E-state index in [2.05, 4.69) is 113 Å². The normalized spacial score (nSPS) is 11.5. The molecular weight excluding hydrogens is 378 g/mol. The number of aryl methyl sites for hydroxylation is 2. The Morgan fingerprint density at radius 1 is 0.774 bits per heavy atom. The van der Waals surface area contributed by atoms with Crippen LogP contribution < -0.4 is 4.57 Å². The van der Waals surface area contributed by atoms with Gasteiger partial charge in [0.05, 0.1) is 10.9 Å². The van der Waals surface area contributed by atoms with E-state index in [1.807, 2.05) is 12.4 Å². The lowest BCUT2D eigenvalue weighted by molar-refractivity contribution is -0.632. The molecule has 0 aliphatic carbocycles. The molecule has 3 heteroatoms. The Balaban J connectivity index is 1.70. The van der Waals surface area contributed by atoms with Crippen molar-refractivity contribution in [1.29, 1.82) is 0 Å². The van der Waals surface area contributed by atoms with Gasteiger partial charge < -0.3 is 4.57 Å². The minimum absolute atomic E-state index is 1.16. The van der Waals surface area contributed by atoms with Gasteiger partial charge in [-0.2, -0.15) is 4.57 Å². The molecule has 0 aliphatic heterocycles. The molecule has 0 amide bonds. The molecule has 6 aromatic rings. The average molecular weight is 401 g/mol. The highest BCUT2D eigenvalue weighted by Crippen LogP contribution is 2.32. The quantitative estimate of drug-likeness (QED) is 0.320. The topological polar surface area (TPSA) is 21.7 Å². The number of para-hydroxylation sites is 1. The Morgan fingerprint density at radius 2 is 1.52 bits per heavy atom. The van der Waals surface area contributed by atoms with Crippen LogP contribution in [0.25, 0.3) is 49.7 Å². The van der Waals surface area contributed by atoms with E-state index in [0.29, 0.717) is 0 Å². The van der Waals surface area contributed by atoms with Crippen LogP contribution in [0, 0.1) is 6.92 Å². The van der Waals surface area contributed by atoms with E-state index in [0.717, 1.165) is 11.1 Å². The van der Waals surface area contributed by atoms with E-state index in [-0.39, 0.29) is 0 Å². The van der Waals surface area contributed by atoms with E-state index in [4.69, 9.17) is 0 Å². The van der Waals surface area contributed by atoms with Gasteiger partial charge in [-0.05, 0) is 53.6 Å². The fourth-order valence-corrected chi connectivity index (χ4v) is 4.79. The lowest BCUT2D eigenvalue weighted by Gasteiger charge is -2.09. The number of rotatable bonds is 2. The zero-order chi connectivity index (χ0) is 20.9. The number of fused-ring (bicyclic) bond motifs is 4. The number of nitrogens with zero attached hydrogens (tertiary/aromatic N) is 3. The minimum atomic E-state index is 1.16. The maximum Gasteiger partial charge on any atom is 0.240 e. The highest BCUT2D eigenvalue weighted by molar-refractivity contribution is 6.05. The maximum absolute atomic E-state index is 4.45. The van der Waals surface area contributed by atoms with Gasteiger partial charge in [0, 0.05) is 29.7 Å². The summed E-state index contributed by atoms with van der Waals surface area (Å²) in [5.74, 6) is 0. The van der Waals surface area contributed by atoms with Gasteiger partial charge in [-0.3, -0.25) is 4.98 Å². The van der Waals surface area contributed by atoms with E-state index < -0.39 is 0 Å². The van der Waals surface area contributed by atoms with Crippen molar-refractivity contribution in [2.75, 3.05) is 0 Å². The third kappa shape index (κ3) is 2.67. The molecule has 148 valence electrons. The van der Waals surface area contributed by atoms with Crippen LogP contribution in [0.1, 0.15) is 5.56 Å². The van der Waals surface area contributed by atoms with Crippen LogP contribution in [-0.2, 0) is 7.05 Å². The van der Waals surface area contributed by atoms with Crippen LogP contribution in [0.3, 0.4) is 0 Å². The molecule has 3 aromatic carbocycles. The lowest BCUT2D eigenvalue weighted by atomic mass is 9.99. The molecule has 31 heavy (non-hydrogen) atoms. The minimum Gasteiger partial charge on any atom is -0.304 e. The van der Waals surface area contributed by atoms with Crippen molar-refractivity contribution in [1.82, 2.24) is 9.55 Å². The Morgan fingerprint density at radius 3 is 2.32 bits per heavy atom. The Kier molecular flexibility index (Phi) is 3.90. The molecule has 3 nitrogen and oxygen atoms in total. The average Bonchev–Trinajstić information content (AvgIpc) is 3.15. The highest BCUT2D eigenvalue weighted by atomic mass is 15.0. The highest BCUT2D eigenvalue weighted by Gasteiger charge is 2.23. The molecule has 0 saturated carbocycles. The molecule has 0 radical (unpaired) electrons. The van der Waals surface area contributed by atoms with E-state index in [9.17, 15) is 0 Å². The second-order valence-electron chi connectivity index (χ2n) is 8.09. The first kappa shape index (κ1) is 17.8. The smallest absolute Gasteiger partial charge is 0.240 e. The number of hydrogen-bond acceptors (Lipinski definition) is 1. The zero-order valence-corrected chi connectivity index (χ0v) is 17.6. The molecule has 0 atom stereocenters. The Bertz CT molecular complexity index is 1590. The molecule has 0 bridgehead atoms. The van der Waals surface area contributed by atoms with Gasteiger partial charge in [-0.15, -0.1) is 0 Å². The predicted molar refractivity (Wildman–Crippen MR) is 127 cm³/mol. The molecule has 0 aliphatic rings. The fraction of sp³-hybridized carbons (Fsp3) is 0.0714. The molecular formula is C28H22N3+. The monoisotopic (exact) mass is 400 g/mol. The van der Waals surface area contributed by atoms with Crippen LogP contribution >= 0.6 is 0 Å². The van der Waals surface area contributed by atoms with Gasteiger partial charge in [0.25, 0.3) is 0 Å². The number of hydrogen-bond donors (Lipinski definition) is 0. The first-order chi connectivity index (χ1) is 15.2. The van der Waals surface area contributed by atoms with Crippen molar-refractivity contribution in [2.24, 2.45) is 7.05 Å². The molecule has 0 unspecified atom stereocenters. The second kappa shape index (κ2) is 6.78. The van der Waals surface area contributed by atoms with Crippen molar-refractivity contribution in [2.45, 2.75) is 6.92 Å². The van der Waals surface area contributed by atoms with Crippen LogP contribution in [0.4, 0.5) is 0 Å². The van der Waals surface area contributed by atoms with Gasteiger partial charge in [0.15, 0.2) is 0 Å². The molecule has 3 aromatic heterocycles. The van der Waals surface area contributed by atoms with E-state index in [1.54, 1.807) is 0 Å². The Labute approximate surface area is 180 Å². The standard InChI is InChI=1S/C28H22N3/c1-19-16-20-8-6-7-9-21(20)17-23(19)25-12-13-27-28(30(25)2)24-18-29-15-14-26(24)31(27)22-10-4-3-5-11-22/h3-18H,1-2H3/q+1. The molecule has 0 spiro atoms. The summed E-state index contributed by atoms with van der Waals surface area (Å²) >= 11 is 0. The summed E-state index contributed by atoms with van der Waals surface area (Å²) in [5.41, 5.74) is 8.43. The van der Waals surface area contributed by atoms with E-state index >= 15 is 0 Å². The van der Waals surface area contributed by atoms with Gasteiger partial charge >= 0.3 is 0 Å². The Hall–Kier alpha value is -3.98. The number of pyridine rings is 2. The molecule has 3 heterocycles. The summed E-state index contributed by atoms with van der Waals surface area (Å²) < 4.78 is 4.64. The summed E-state index contributed by atoms with van der Waals surface area (Å²) in [7, 11) is 2.16. The van der Waals surface area contributed by atoms with Crippen molar-refractivity contribution < 1.29 is 4.57 Å². The largest absolute Gasteiger partial charge is 0.304 e. The van der Waals surface area contributed by atoms with Gasteiger partial charge in [-0.25, -0.2) is 0 Å². The van der Waals surface area contributed by atoms with Crippen molar-refractivity contribution >= 4 is 32.7 Å². The summed E-state index contributed by atoms with van der Waals surface area (Å²) in [6.07, 6.45) is 3.85. The third-order valence-corrected chi connectivity index (χ3v) is 6.26. The molecule has 6 rings (SSSR count). The number of aromatic nitrogens is 3. The van der Waals surface area contributed by atoms with Crippen LogP contribution in [-0.4, -0.2) is 9.55 Å². The van der Waals surface area contributed by atoms with Crippen molar-refractivity contribution in [3.63, 3.8) is 0 Å². The first-order valence-corrected chi connectivity index (χ1v) is 10.5. The van der Waals surface area contributed by atoms with Gasteiger partial charge in [-0.1, -0.05) is 48.5 Å². The van der Waals surface area contributed by atoms with Crippen molar-refractivity contribution in [3.8, 4) is 16.9 Å². The van der Waals surface area contributed by atoms with Crippen LogP contribution in [0.5, 0.6) is 0 Å². The van der Waals surface area contributed by atoms with Gasteiger partial charge in [0.1, 0.15) is 12.6 Å². The predicted octanol–water partition coefficient (Wildman–Crippen LogP) is 6.13. The second-order valence-corrected chi connectivity index (χ2v) is 8.09. The maximum atomic E-state index is 4.45. The summed E-state index contributed by atoms with van der Waals surface area (Å²) in [4.78, 5) is 4.45. The van der Waals surface area contributed by atoms with E-state index in [1.165, 1.54) is 44.1 Å². The molecule has 0 N–H and O–H groups in total.